The Bertz CT molecular complexity index is 204. The van der Waals surface area contributed by atoms with Crippen LogP contribution in [0, 0.1) is 0 Å². The van der Waals surface area contributed by atoms with Crippen molar-refractivity contribution in [3.63, 3.8) is 0 Å². The van der Waals surface area contributed by atoms with Gasteiger partial charge in [-0.05, 0) is 6.42 Å². The Balaban J connectivity index is 3.68. The van der Waals surface area contributed by atoms with Crippen LogP contribution in [0.25, 0.3) is 0 Å². The van der Waals surface area contributed by atoms with E-state index in [1.165, 1.54) is 6.08 Å². The van der Waals surface area contributed by atoms with Gasteiger partial charge < -0.3 is 16.2 Å². The van der Waals surface area contributed by atoms with Gasteiger partial charge in [0.1, 0.15) is 12.6 Å². The van der Waals surface area contributed by atoms with E-state index >= 15 is 0 Å². The normalized spacial score (nSPS) is 11.8. The first kappa shape index (κ1) is 11.6. The van der Waals surface area contributed by atoms with E-state index in [4.69, 9.17) is 11.5 Å². The molecule has 0 bridgehead atoms. The van der Waals surface area contributed by atoms with Gasteiger partial charge in [0, 0.05) is 6.42 Å². The Morgan fingerprint density at radius 2 is 2.15 bits per heavy atom. The molecule has 0 fully saturated rings. The number of nitrogens with two attached hydrogens (primary N) is 2. The molecule has 0 aliphatic rings. The quantitative estimate of drug-likeness (QED) is 0.424. The first-order valence-corrected chi connectivity index (χ1v) is 3.89. The van der Waals surface area contributed by atoms with Gasteiger partial charge in [0.15, 0.2) is 0 Å². The van der Waals surface area contributed by atoms with E-state index in [-0.39, 0.29) is 19.4 Å². The second-order valence-electron chi connectivity index (χ2n) is 2.53. The molecule has 1 atom stereocenters. The average Bonchev–Trinajstić information content (AvgIpc) is 2.10. The van der Waals surface area contributed by atoms with Crippen molar-refractivity contribution >= 4 is 11.9 Å². The number of ether oxygens (including phenoxy) is 1. The predicted molar refractivity (Wildman–Crippen MR) is 47.6 cm³/mol. The number of primary amides is 1. The molecular weight excluding hydrogens is 172 g/mol. The van der Waals surface area contributed by atoms with Gasteiger partial charge in [-0.25, -0.2) is 0 Å². The van der Waals surface area contributed by atoms with Crippen LogP contribution >= 0.6 is 0 Å². The SMILES string of the molecule is C=CCOC(=O)C(N)CCC(N)=O. The van der Waals surface area contributed by atoms with Crippen molar-refractivity contribution in [2.24, 2.45) is 11.5 Å². The lowest BCUT2D eigenvalue weighted by molar-refractivity contribution is -0.144. The number of rotatable bonds is 6. The van der Waals surface area contributed by atoms with Gasteiger partial charge in [0.05, 0.1) is 0 Å². The van der Waals surface area contributed by atoms with Gasteiger partial charge in [-0.2, -0.15) is 0 Å². The van der Waals surface area contributed by atoms with E-state index in [1.54, 1.807) is 0 Å². The highest BCUT2D eigenvalue weighted by Crippen LogP contribution is 1.96. The summed E-state index contributed by atoms with van der Waals surface area (Å²) in [5, 5.41) is 0. The average molecular weight is 186 g/mol. The largest absolute Gasteiger partial charge is 0.460 e. The molecule has 0 saturated carbocycles. The van der Waals surface area contributed by atoms with Crippen molar-refractivity contribution in [1.29, 1.82) is 0 Å². The molecule has 0 aromatic carbocycles. The molecule has 0 aliphatic heterocycles. The van der Waals surface area contributed by atoms with Gasteiger partial charge >= 0.3 is 5.97 Å². The Kier molecular flexibility index (Phi) is 5.54. The number of amides is 1. The zero-order valence-electron chi connectivity index (χ0n) is 7.36. The van der Waals surface area contributed by atoms with Crippen LogP contribution in [0.3, 0.4) is 0 Å². The molecule has 0 radical (unpaired) electrons. The number of hydrogen-bond acceptors (Lipinski definition) is 4. The van der Waals surface area contributed by atoms with Crippen molar-refractivity contribution in [3.8, 4) is 0 Å². The minimum Gasteiger partial charge on any atom is -0.460 e. The Hall–Kier alpha value is -1.36. The van der Waals surface area contributed by atoms with E-state index in [9.17, 15) is 9.59 Å². The second kappa shape index (κ2) is 6.19. The molecule has 0 aromatic heterocycles. The summed E-state index contributed by atoms with van der Waals surface area (Å²) >= 11 is 0. The first-order valence-electron chi connectivity index (χ1n) is 3.89. The van der Waals surface area contributed by atoms with Crippen LogP contribution in [0.5, 0.6) is 0 Å². The van der Waals surface area contributed by atoms with E-state index < -0.39 is 17.9 Å². The van der Waals surface area contributed by atoms with Crippen molar-refractivity contribution < 1.29 is 14.3 Å². The highest BCUT2D eigenvalue weighted by molar-refractivity contribution is 5.78. The predicted octanol–water partition coefficient (Wildman–Crippen LogP) is -0.692. The van der Waals surface area contributed by atoms with Crippen molar-refractivity contribution in [2.75, 3.05) is 6.61 Å². The van der Waals surface area contributed by atoms with Crippen molar-refractivity contribution in [2.45, 2.75) is 18.9 Å². The smallest absolute Gasteiger partial charge is 0.323 e. The Labute approximate surface area is 76.7 Å². The van der Waals surface area contributed by atoms with Gasteiger partial charge in [0.2, 0.25) is 5.91 Å². The maximum Gasteiger partial charge on any atom is 0.323 e. The fourth-order valence-corrected chi connectivity index (χ4v) is 0.664. The van der Waals surface area contributed by atoms with Crippen LogP contribution in [-0.2, 0) is 14.3 Å². The molecule has 74 valence electrons. The standard InChI is InChI=1S/C8H14N2O3/c1-2-5-13-8(12)6(9)3-4-7(10)11/h2,6H,1,3-5,9H2,(H2,10,11). The van der Waals surface area contributed by atoms with Crippen LogP contribution in [0.15, 0.2) is 12.7 Å². The summed E-state index contributed by atoms with van der Waals surface area (Å²) < 4.78 is 4.65. The summed E-state index contributed by atoms with van der Waals surface area (Å²) in [7, 11) is 0. The third-order valence-corrected chi connectivity index (χ3v) is 1.35. The minimum atomic E-state index is -0.785. The molecule has 1 amide bonds. The number of carbonyl (C=O) groups excluding carboxylic acids is 2. The van der Waals surface area contributed by atoms with Gasteiger partial charge in [-0.3, -0.25) is 9.59 Å². The number of hydrogen-bond donors (Lipinski definition) is 2. The first-order chi connectivity index (χ1) is 6.07. The summed E-state index contributed by atoms with van der Waals surface area (Å²) in [5.41, 5.74) is 10.3. The lowest BCUT2D eigenvalue weighted by Gasteiger charge is -2.08. The van der Waals surface area contributed by atoms with Crippen LogP contribution in [0.2, 0.25) is 0 Å². The topological polar surface area (TPSA) is 95.4 Å². The summed E-state index contributed by atoms with van der Waals surface area (Å²) in [6.45, 7) is 3.50. The maximum absolute atomic E-state index is 11.0. The van der Waals surface area contributed by atoms with Crippen LogP contribution in [-0.4, -0.2) is 24.5 Å². The highest BCUT2D eigenvalue weighted by atomic mass is 16.5. The summed E-state index contributed by atoms with van der Waals surface area (Å²) in [5.74, 6) is -1.02. The third-order valence-electron chi connectivity index (χ3n) is 1.35. The zero-order valence-corrected chi connectivity index (χ0v) is 7.36. The molecule has 0 spiro atoms. The van der Waals surface area contributed by atoms with E-state index in [0.29, 0.717) is 0 Å². The summed E-state index contributed by atoms with van der Waals surface area (Å²) in [6.07, 6.45) is 1.74. The van der Waals surface area contributed by atoms with Crippen LogP contribution in [0.4, 0.5) is 0 Å². The van der Waals surface area contributed by atoms with Crippen molar-refractivity contribution in [1.82, 2.24) is 0 Å². The van der Waals surface area contributed by atoms with Gasteiger partial charge in [-0.15, -0.1) is 0 Å². The van der Waals surface area contributed by atoms with E-state index in [1.807, 2.05) is 0 Å². The van der Waals surface area contributed by atoms with Gasteiger partial charge in [-0.1, -0.05) is 12.7 Å². The fourth-order valence-electron chi connectivity index (χ4n) is 0.664. The number of carbonyl (C=O) groups is 2. The molecule has 0 heterocycles. The van der Waals surface area contributed by atoms with Crippen molar-refractivity contribution in [3.05, 3.63) is 12.7 Å². The molecule has 1 unspecified atom stereocenters. The lowest BCUT2D eigenvalue weighted by atomic mass is 10.1. The molecule has 0 aromatic rings. The number of esters is 1. The fraction of sp³-hybridized carbons (Fsp3) is 0.500. The van der Waals surface area contributed by atoms with Gasteiger partial charge in [0.25, 0.3) is 0 Å². The highest BCUT2D eigenvalue weighted by Gasteiger charge is 2.14. The maximum atomic E-state index is 11.0. The Morgan fingerprint density at radius 1 is 1.54 bits per heavy atom. The third kappa shape index (κ3) is 5.86. The molecule has 0 saturated heterocycles. The molecular formula is C8H14N2O3. The lowest BCUT2D eigenvalue weighted by Crippen LogP contribution is -2.33. The Morgan fingerprint density at radius 3 is 2.62 bits per heavy atom. The molecule has 5 nitrogen and oxygen atoms in total. The van der Waals surface area contributed by atoms with E-state index in [2.05, 4.69) is 11.3 Å². The molecule has 0 aliphatic carbocycles. The monoisotopic (exact) mass is 186 g/mol. The molecule has 5 heteroatoms. The molecule has 13 heavy (non-hydrogen) atoms. The summed E-state index contributed by atoms with van der Waals surface area (Å²) in [4.78, 5) is 21.3. The zero-order chi connectivity index (χ0) is 10.3. The minimum absolute atomic E-state index is 0.0877. The molecule has 4 N–H and O–H groups in total. The second-order valence-corrected chi connectivity index (χ2v) is 2.53. The van der Waals surface area contributed by atoms with Crippen LogP contribution < -0.4 is 11.5 Å². The van der Waals surface area contributed by atoms with E-state index in [0.717, 1.165) is 0 Å². The summed E-state index contributed by atoms with van der Waals surface area (Å²) in [6, 6.07) is -0.785. The molecule has 0 rings (SSSR count). The van der Waals surface area contributed by atoms with Crippen LogP contribution in [0.1, 0.15) is 12.8 Å².